The zero-order valence-corrected chi connectivity index (χ0v) is 26.3. The van der Waals surface area contributed by atoms with E-state index in [1.165, 1.54) is 11.3 Å². The summed E-state index contributed by atoms with van der Waals surface area (Å²) in [6, 6.07) is 6.88. The van der Waals surface area contributed by atoms with Crippen LogP contribution in [0, 0.1) is 11.3 Å². The third-order valence-electron chi connectivity index (χ3n) is 8.28. The van der Waals surface area contributed by atoms with Crippen molar-refractivity contribution in [2.45, 2.75) is 78.1 Å². The zero-order valence-electron chi connectivity index (χ0n) is 26.3. The molecule has 3 aromatic rings. The minimum Gasteiger partial charge on any atom is -0.455 e. The number of hydrogen-bond acceptors (Lipinski definition) is 8. The smallest absolute Gasteiger partial charge is 0.325 e. The van der Waals surface area contributed by atoms with Gasteiger partial charge < -0.3 is 20.4 Å². The van der Waals surface area contributed by atoms with E-state index in [-0.39, 0.29) is 18.2 Å². The number of carbonyl (C=O) groups excluding carboxylic acids is 4. The van der Waals surface area contributed by atoms with E-state index in [0.717, 1.165) is 16.5 Å². The number of benzene rings is 1. The summed E-state index contributed by atoms with van der Waals surface area (Å²) in [6.07, 6.45) is 7.30. The quantitative estimate of drug-likeness (QED) is 0.328. The Hall–Kier alpha value is -4.58. The molecule has 2 aliphatic heterocycles. The number of carbonyl (C=O) groups is 4. The van der Waals surface area contributed by atoms with Gasteiger partial charge in [-0.15, -0.1) is 0 Å². The van der Waals surface area contributed by atoms with Crippen LogP contribution >= 0.6 is 0 Å². The highest BCUT2D eigenvalue weighted by Gasteiger charge is 2.37. The number of pyridine rings is 1. The molecule has 4 heterocycles. The van der Waals surface area contributed by atoms with Gasteiger partial charge in [0, 0.05) is 24.5 Å². The Morgan fingerprint density at radius 2 is 1.87 bits per heavy atom. The third-order valence-corrected chi connectivity index (χ3v) is 8.28. The summed E-state index contributed by atoms with van der Waals surface area (Å²) < 4.78 is 5.82. The van der Waals surface area contributed by atoms with Crippen molar-refractivity contribution in [1.82, 2.24) is 36.0 Å². The first-order valence-electron chi connectivity index (χ1n) is 15.4. The molecule has 0 radical (unpaired) electrons. The van der Waals surface area contributed by atoms with Gasteiger partial charge in [-0.1, -0.05) is 44.2 Å². The number of esters is 1. The lowest BCUT2D eigenvalue weighted by Crippen LogP contribution is -2.62. The zero-order chi connectivity index (χ0) is 32.3. The highest BCUT2D eigenvalue weighted by atomic mass is 16.5. The molecule has 1 saturated heterocycles. The fraction of sp³-hybridized carbons (Fsp3) is 0.455. The van der Waals surface area contributed by atoms with Crippen molar-refractivity contribution in [2.75, 3.05) is 6.54 Å². The molecule has 12 heteroatoms. The molecule has 12 nitrogen and oxygen atoms in total. The summed E-state index contributed by atoms with van der Waals surface area (Å²) in [6.45, 7) is 9.32. The average molecular weight is 616 g/mol. The lowest BCUT2D eigenvalue weighted by atomic mass is 9.89. The largest absolute Gasteiger partial charge is 0.455 e. The number of nitrogens with zero attached hydrogens (tertiary/aromatic N) is 3. The second kappa shape index (κ2) is 13.2. The molecule has 0 saturated carbocycles. The maximum absolute atomic E-state index is 13.9. The number of aromatic amines is 1. The molecular weight excluding hydrogens is 574 g/mol. The van der Waals surface area contributed by atoms with Crippen LogP contribution in [0.3, 0.4) is 0 Å². The van der Waals surface area contributed by atoms with E-state index >= 15 is 0 Å². The van der Waals surface area contributed by atoms with E-state index < -0.39 is 47.4 Å². The van der Waals surface area contributed by atoms with Crippen LogP contribution in [-0.4, -0.2) is 68.3 Å². The minimum atomic E-state index is -1.01. The van der Waals surface area contributed by atoms with Gasteiger partial charge in [-0.05, 0) is 57.2 Å². The summed E-state index contributed by atoms with van der Waals surface area (Å²) in [5.74, 6) is -2.02. The van der Waals surface area contributed by atoms with Crippen LogP contribution in [-0.2, 0) is 30.3 Å². The summed E-state index contributed by atoms with van der Waals surface area (Å²) in [4.78, 5) is 66.3. The van der Waals surface area contributed by atoms with Crippen molar-refractivity contribution in [1.29, 1.82) is 0 Å². The van der Waals surface area contributed by atoms with E-state index in [1.54, 1.807) is 33.0 Å². The molecule has 4 N–H and O–H groups in total. The van der Waals surface area contributed by atoms with Crippen molar-refractivity contribution in [3.63, 3.8) is 0 Å². The van der Waals surface area contributed by atoms with Gasteiger partial charge in [0.05, 0.1) is 28.6 Å². The van der Waals surface area contributed by atoms with Crippen LogP contribution < -0.4 is 16.1 Å². The molecule has 5 rings (SSSR count). The Morgan fingerprint density at radius 3 is 2.60 bits per heavy atom. The highest BCUT2D eigenvalue weighted by Crippen LogP contribution is 2.25. The number of hydrogen-bond donors (Lipinski definition) is 4. The Kier molecular flexibility index (Phi) is 9.33. The molecule has 1 aromatic carbocycles. The first kappa shape index (κ1) is 31.8. The van der Waals surface area contributed by atoms with Gasteiger partial charge in [0.25, 0.3) is 5.91 Å². The Labute approximate surface area is 262 Å². The lowest BCUT2D eigenvalue weighted by molar-refractivity contribution is -0.157. The van der Waals surface area contributed by atoms with Gasteiger partial charge >= 0.3 is 5.97 Å². The van der Waals surface area contributed by atoms with Crippen LogP contribution in [0.25, 0.3) is 17.0 Å². The topological polar surface area (TPSA) is 158 Å². The van der Waals surface area contributed by atoms with Gasteiger partial charge in [-0.25, -0.2) is 15.4 Å². The molecular formula is C33H41N7O5. The van der Waals surface area contributed by atoms with Crippen LogP contribution in [0.15, 0.2) is 48.9 Å². The standard InChI is InChI=1S/C33H41N7O5/c1-19(2)28-29(41)37-27(16-23-17-34-18-35-23)30(42)40-14-6-7-25(39-40)31(43)45-20(3)24-11-10-22-9-8-21(15-26(22)36-24)12-13-33(4,5)32(44)38-28/h8-13,15,17-20,25,27-28,39H,6-7,14,16H2,1-5H3,(H,34,35)(H,37,41)(H,38,44)/b13-12+/t20-,25?,27+,28+/m1/s1. The van der Waals surface area contributed by atoms with Gasteiger partial charge in [0.15, 0.2) is 0 Å². The third kappa shape index (κ3) is 7.39. The van der Waals surface area contributed by atoms with Crippen molar-refractivity contribution in [3.05, 3.63) is 65.9 Å². The monoisotopic (exact) mass is 615 g/mol. The van der Waals surface area contributed by atoms with E-state index in [1.807, 2.05) is 50.3 Å². The minimum absolute atomic E-state index is 0.109. The second-order valence-electron chi connectivity index (χ2n) is 12.7. The molecule has 1 fully saturated rings. The second-order valence-corrected chi connectivity index (χ2v) is 12.7. The number of cyclic esters (lactones) is 1. The van der Waals surface area contributed by atoms with Crippen LogP contribution in [0.5, 0.6) is 0 Å². The van der Waals surface area contributed by atoms with Crippen LogP contribution in [0.4, 0.5) is 0 Å². The Balaban J connectivity index is 1.51. The molecule has 45 heavy (non-hydrogen) atoms. The van der Waals surface area contributed by atoms with E-state index in [4.69, 9.17) is 9.72 Å². The fourth-order valence-electron chi connectivity index (χ4n) is 5.42. The molecule has 0 aliphatic carbocycles. The van der Waals surface area contributed by atoms with Crippen molar-refractivity contribution in [3.8, 4) is 0 Å². The summed E-state index contributed by atoms with van der Waals surface area (Å²) in [5.41, 5.74) is 4.79. The predicted molar refractivity (Wildman–Crippen MR) is 168 cm³/mol. The molecule has 2 aliphatic rings. The summed E-state index contributed by atoms with van der Waals surface area (Å²) in [7, 11) is 0. The Bertz CT molecular complexity index is 1600. The molecule has 238 valence electrons. The van der Waals surface area contributed by atoms with E-state index in [9.17, 15) is 19.2 Å². The number of nitrogens with one attached hydrogen (secondary N) is 4. The van der Waals surface area contributed by atoms with Gasteiger partial charge in [-0.3, -0.25) is 24.2 Å². The number of hydrazine groups is 1. The molecule has 5 bridgehead atoms. The number of aromatic nitrogens is 3. The van der Waals surface area contributed by atoms with Gasteiger partial charge in [0.2, 0.25) is 11.8 Å². The van der Waals surface area contributed by atoms with Crippen molar-refractivity contribution in [2.24, 2.45) is 11.3 Å². The molecule has 2 aromatic heterocycles. The first-order chi connectivity index (χ1) is 21.4. The summed E-state index contributed by atoms with van der Waals surface area (Å²) >= 11 is 0. The normalized spacial score (nSPS) is 25.5. The predicted octanol–water partition coefficient (Wildman–Crippen LogP) is 2.98. The highest BCUT2D eigenvalue weighted by molar-refractivity contribution is 5.94. The molecule has 4 atom stereocenters. The number of fused-ring (bicyclic) bond motifs is 4. The number of rotatable bonds is 3. The number of imidazole rings is 1. The Morgan fingerprint density at radius 1 is 1.09 bits per heavy atom. The molecule has 3 amide bonds. The van der Waals surface area contributed by atoms with Crippen LogP contribution in [0.1, 0.15) is 70.5 Å². The maximum Gasteiger partial charge on any atom is 0.325 e. The number of ether oxygens (including phenoxy) is 1. The van der Waals surface area contributed by atoms with Crippen molar-refractivity contribution < 1.29 is 23.9 Å². The lowest BCUT2D eigenvalue weighted by Gasteiger charge is -2.35. The summed E-state index contributed by atoms with van der Waals surface area (Å²) in [5, 5.41) is 8.06. The van der Waals surface area contributed by atoms with E-state index in [0.29, 0.717) is 30.8 Å². The molecule has 0 spiro atoms. The average Bonchev–Trinajstić information content (AvgIpc) is 3.54. The SMILES string of the molecule is CC(C)[C@@H]1NC(=O)C(C)(C)/C=C/c2ccc3ccc(nc3c2)[C@@H](C)OC(=O)C2CCCN(N2)C(=O)[C@H](Cc2c[nH]cn2)NC1=O. The van der Waals surface area contributed by atoms with Crippen LogP contribution in [0.2, 0.25) is 0 Å². The van der Waals surface area contributed by atoms with Crippen molar-refractivity contribution >= 4 is 40.7 Å². The fourth-order valence-corrected chi connectivity index (χ4v) is 5.42. The van der Waals surface area contributed by atoms with E-state index in [2.05, 4.69) is 26.0 Å². The maximum atomic E-state index is 13.9. The van der Waals surface area contributed by atoms with Gasteiger partial charge in [-0.2, -0.15) is 0 Å². The molecule has 1 unspecified atom stereocenters. The van der Waals surface area contributed by atoms with Gasteiger partial charge in [0.1, 0.15) is 24.2 Å². The number of amides is 3. The number of H-pyrrole nitrogens is 1. The first-order valence-corrected chi connectivity index (χ1v) is 15.4.